The molecule has 0 fully saturated rings. The van der Waals surface area contributed by atoms with Gasteiger partial charge in [0.05, 0.1) is 6.61 Å². The van der Waals surface area contributed by atoms with Crippen molar-refractivity contribution in [1.82, 2.24) is 4.98 Å². The van der Waals surface area contributed by atoms with Gasteiger partial charge in [-0.1, -0.05) is 12.1 Å². The average Bonchev–Trinajstić information content (AvgIpc) is 2.23. The fraction of sp³-hybridized carbons (Fsp3) is 0.182. The van der Waals surface area contributed by atoms with Gasteiger partial charge in [-0.3, -0.25) is 4.79 Å². The molecular weight excluding hydrogens is 178 g/mol. The fourth-order valence-electron chi connectivity index (χ4n) is 1.55. The molecule has 72 valence electrons. The Kier molecular flexibility index (Phi) is 2.09. The number of hydrogen-bond acceptors (Lipinski definition) is 2. The summed E-state index contributed by atoms with van der Waals surface area (Å²) in [6.07, 6.45) is 1.70. The van der Waals surface area contributed by atoms with Crippen LogP contribution in [0.25, 0.3) is 10.8 Å². The number of aromatic amines is 1. The van der Waals surface area contributed by atoms with E-state index < -0.39 is 0 Å². The molecule has 3 nitrogen and oxygen atoms in total. The number of hydrogen-bond donors (Lipinski definition) is 2. The van der Waals surface area contributed by atoms with Gasteiger partial charge in [-0.25, -0.2) is 0 Å². The van der Waals surface area contributed by atoms with E-state index in [-0.39, 0.29) is 12.2 Å². The summed E-state index contributed by atoms with van der Waals surface area (Å²) < 4.78 is 0. The molecule has 0 aliphatic rings. The second-order valence-electron chi connectivity index (χ2n) is 3.34. The Hall–Kier alpha value is -1.61. The minimum atomic E-state index is -0.110. The molecule has 1 aromatic heterocycles. The number of aliphatic hydroxyl groups is 1. The van der Waals surface area contributed by atoms with Gasteiger partial charge in [0.25, 0.3) is 5.56 Å². The summed E-state index contributed by atoms with van der Waals surface area (Å²) in [6, 6.07) is 5.42. The highest BCUT2D eigenvalue weighted by molar-refractivity contribution is 5.84. The topological polar surface area (TPSA) is 53.1 Å². The third-order valence-electron chi connectivity index (χ3n) is 2.36. The highest BCUT2D eigenvalue weighted by atomic mass is 16.3. The SMILES string of the molecule is Cc1c[nH]c(=O)c2cc(CO)ccc12. The van der Waals surface area contributed by atoms with Crippen LogP contribution in [0.2, 0.25) is 0 Å². The van der Waals surface area contributed by atoms with Crippen LogP contribution < -0.4 is 5.56 Å². The summed E-state index contributed by atoms with van der Waals surface area (Å²) in [5.41, 5.74) is 1.68. The fourth-order valence-corrected chi connectivity index (χ4v) is 1.55. The van der Waals surface area contributed by atoms with Crippen molar-refractivity contribution in [3.8, 4) is 0 Å². The maximum absolute atomic E-state index is 11.5. The van der Waals surface area contributed by atoms with E-state index in [0.717, 1.165) is 16.5 Å². The van der Waals surface area contributed by atoms with Gasteiger partial charge in [0.15, 0.2) is 0 Å². The number of aliphatic hydroxyl groups excluding tert-OH is 1. The molecule has 0 atom stereocenters. The van der Waals surface area contributed by atoms with Crippen molar-refractivity contribution in [1.29, 1.82) is 0 Å². The van der Waals surface area contributed by atoms with Crippen LogP contribution in [0, 0.1) is 6.92 Å². The lowest BCUT2D eigenvalue weighted by Crippen LogP contribution is -2.06. The monoisotopic (exact) mass is 189 g/mol. The standard InChI is InChI=1S/C11H11NO2/c1-7-5-12-11(14)10-4-8(6-13)2-3-9(7)10/h2-5,13H,6H2,1H3,(H,12,14). The molecule has 1 heterocycles. The van der Waals surface area contributed by atoms with Gasteiger partial charge in [0.2, 0.25) is 0 Å². The number of fused-ring (bicyclic) bond motifs is 1. The van der Waals surface area contributed by atoms with Crippen LogP contribution >= 0.6 is 0 Å². The molecule has 0 saturated heterocycles. The zero-order valence-electron chi connectivity index (χ0n) is 7.87. The molecule has 1 aromatic carbocycles. The summed E-state index contributed by atoms with van der Waals surface area (Å²) in [6.45, 7) is 1.90. The van der Waals surface area contributed by atoms with E-state index in [9.17, 15) is 4.79 Å². The van der Waals surface area contributed by atoms with Crippen molar-refractivity contribution >= 4 is 10.8 Å². The molecule has 0 saturated carbocycles. The van der Waals surface area contributed by atoms with Gasteiger partial charge < -0.3 is 10.1 Å². The van der Waals surface area contributed by atoms with Crippen LogP contribution in [0.3, 0.4) is 0 Å². The first-order chi connectivity index (χ1) is 6.72. The summed E-state index contributed by atoms with van der Waals surface area (Å²) in [7, 11) is 0. The summed E-state index contributed by atoms with van der Waals surface area (Å²) in [5.74, 6) is 0. The number of aromatic nitrogens is 1. The molecule has 0 spiro atoms. The third kappa shape index (κ3) is 1.32. The maximum atomic E-state index is 11.5. The van der Waals surface area contributed by atoms with Crippen molar-refractivity contribution < 1.29 is 5.11 Å². The van der Waals surface area contributed by atoms with Crippen LogP contribution in [0.1, 0.15) is 11.1 Å². The van der Waals surface area contributed by atoms with Gasteiger partial charge in [0.1, 0.15) is 0 Å². The third-order valence-corrected chi connectivity index (χ3v) is 2.36. The van der Waals surface area contributed by atoms with Crippen LogP contribution in [-0.2, 0) is 6.61 Å². The molecule has 0 unspecified atom stereocenters. The van der Waals surface area contributed by atoms with Gasteiger partial charge in [-0.15, -0.1) is 0 Å². The zero-order chi connectivity index (χ0) is 10.1. The van der Waals surface area contributed by atoms with E-state index in [4.69, 9.17) is 5.11 Å². The largest absolute Gasteiger partial charge is 0.392 e. The highest BCUT2D eigenvalue weighted by Crippen LogP contribution is 2.15. The second kappa shape index (κ2) is 3.27. The van der Waals surface area contributed by atoms with Gasteiger partial charge in [-0.2, -0.15) is 0 Å². The molecule has 0 radical (unpaired) electrons. The smallest absolute Gasteiger partial charge is 0.255 e. The Balaban J connectivity index is 2.87. The Morgan fingerprint density at radius 2 is 2.14 bits per heavy atom. The van der Waals surface area contributed by atoms with E-state index in [2.05, 4.69) is 4.98 Å². The van der Waals surface area contributed by atoms with Crippen LogP contribution in [0.5, 0.6) is 0 Å². The van der Waals surface area contributed by atoms with Crippen molar-refractivity contribution in [2.45, 2.75) is 13.5 Å². The first-order valence-corrected chi connectivity index (χ1v) is 4.44. The molecule has 0 amide bonds. The van der Waals surface area contributed by atoms with E-state index in [1.807, 2.05) is 19.1 Å². The molecule has 2 rings (SSSR count). The number of benzene rings is 1. The summed E-state index contributed by atoms with van der Waals surface area (Å²) >= 11 is 0. The average molecular weight is 189 g/mol. The van der Waals surface area contributed by atoms with E-state index in [1.54, 1.807) is 12.3 Å². The van der Waals surface area contributed by atoms with E-state index in [0.29, 0.717) is 5.39 Å². The van der Waals surface area contributed by atoms with Crippen molar-refractivity contribution in [3.05, 3.63) is 45.9 Å². The van der Waals surface area contributed by atoms with Gasteiger partial charge >= 0.3 is 0 Å². The summed E-state index contributed by atoms with van der Waals surface area (Å²) in [4.78, 5) is 14.1. The van der Waals surface area contributed by atoms with Crippen molar-refractivity contribution in [3.63, 3.8) is 0 Å². The van der Waals surface area contributed by atoms with Crippen molar-refractivity contribution in [2.75, 3.05) is 0 Å². The highest BCUT2D eigenvalue weighted by Gasteiger charge is 2.01. The molecule has 0 aliphatic heterocycles. The number of H-pyrrole nitrogens is 1. The number of nitrogens with one attached hydrogen (secondary N) is 1. The summed E-state index contributed by atoms with van der Waals surface area (Å²) in [5, 5.41) is 10.5. The van der Waals surface area contributed by atoms with E-state index in [1.165, 1.54) is 0 Å². The lowest BCUT2D eigenvalue weighted by molar-refractivity contribution is 0.282. The minimum absolute atomic E-state index is 0.0384. The van der Waals surface area contributed by atoms with Gasteiger partial charge in [0, 0.05) is 11.6 Å². The normalized spacial score (nSPS) is 10.7. The van der Waals surface area contributed by atoms with Crippen molar-refractivity contribution in [2.24, 2.45) is 0 Å². The van der Waals surface area contributed by atoms with Gasteiger partial charge in [-0.05, 0) is 29.5 Å². The first kappa shape index (κ1) is 8.97. The molecule has 2 N–H and O–H groups in total. The maximum Gasteiger partial charge on any atom is 0.255 e. The second-order valence-corrected chi connectivity index (χ2v) is 3.34. The van der Waals surface area contributed by atoms with Crippen LogP contribution in [0.4, 0.5) is 0 Å². The minimum Gasteiger partial charge on any atom is -0.392 e. The molecule has 0 aliphatic carbocycles. The molecular formula is C11H11NO2. The predicted octanol–water partition coefficient (Wildman–Crippen LogP) is 1.33. The Morgan fingerprint density at radius 3 is 2.86 bits per heavy atom. The lowest BCUT2D eigenvalue weighted by Gasteiger charge is -2.02. The molecule has 3 heteroatoms. The lowest BCUT2D eigenvalue weighted by atomic mass is 10.1. The molecule has 2 aromatic rings. The Bertz CT molecular complexity index is 528. The molecule has 0 bridgehead atoms. The first-order valence-electron chi connectivity index (χ1n) is 4.44. The quantitative estimate of drug-likeness (QED) is 0.711. The number of rotatable bonds is 1. The predicted molar refractivity (Wildman–Crippen MR) is 55.2 cm³/mol. The molecule has 14 heavy (non-hydrogen) atoms. The Morgan fingerprint density at radius 1 is 1.36 bits per heavy atom. The van der Waals surface area contributed by atoms with Crippen LogP contribution in [0.15, 0.2) is 29.2 Å². The zero-order valence-corrected chi connectivity index (χ0v) is 7.87. The number of aryl methyl sites for hydroxylation is 1. The number of pyridine rings is 1. The van der Waals surface area contributed by atoms with Crippen LogP contribution in [-0.4, -0.2) is 10.1 Å². The van der Waals surface area contributed by atoms with E-state index >= 15 is 0 Å². The Labute approximate surface area is 81.0 Å².